The third kappa shape index (κ3) is 2.76. The zero-order valence-electron chi connectivity index (χ0n) is 6.85. The maximum atomic E-state index is 13.2. The first kappa shape index (κ1) is 13.0. The van der Waals surface area contributed by atoms with E-state index in [1.807, 2.05) is 0 Å². The Labute approximate surface area is 102 Å². The molecule has 0 aliphatic heterocycles. The van der Waals surface area contributed by atoms with Gasteiger partial charge < -0.3 is 0 Å². The average Bonchev–Trinajstić information content (AvgIpc) is 2.06. The van der Waals surface area contributed by atoms with Gasteiger partial charge in [-0.25, -0.2) is 21.6 Å². The van der Waals surface area contributed by atoms with Crippen LogP contribution in [0.5, 0.6) is 0 Å². The van der Waals surface area contributed by atoms with E-state index in [2.05, 4.69) is 0 Å². The van der Waals surface area contributed by atoms with Crippen molar-refractivity contribution in [2.75, 3.05) is 0 Å². The summed E-state index contributed by atoms with van der Waals surface area (Å²) in [6, 6.07) is 1.92. The van der Waals surface area contributed by atoms with Gasteiger partial charge in [0, 0.05) is 14.3 Å². The number of alkyl halides is 2. The SMILES string of the molecule is O=S(=O)(Cl)c1ccc(I)c(F)c1C(F)F. The molecule has 0 aromatic heterocycles. The summed E-state index contributed by atoms with van der Waals surface area (Å²) in [7, 11) is 0.533. The smallest absolute Gasteiger partial charge is 0.207 e. The number of benzene rings is 1. The van der Waals surface area contributed by atoms with E-state index >= 15 is 0 Å². The van der Waals surface area contributed by atoms with Crippen molar-refractivity contribution in [2.24, 2.45) is 0 Å². The van der Waals surface area contributed by atoms with Crippen molar-refractivity contribution in [1.29, 1.82) is 0 Å². The lowest BCUT2D eigenvalue weighted by Crippen LogP contribution is -2.03. The van der Waals surface area contributed by atoms with Crippen LogP contribution in [0.15, 0.2) is 17.0 Å². The van der Waals surface area contributed by atoms with Crippen LogP contribution in [-0.4, -0.2) is 8.42 Å². The van der Waals surface area contributed by atoms with Gasteiger partial charge in [-0.05, 0) is 34.7 Å². The standard InChI is InChI=1S/C7H3ClF3IO2S/c8-15(13,14)4-2-1-3(12)6(9)5(4)7(10)11/h1-2,7H. The maximum absolute atomic E-state index is 13.2. The number of hydrogen-bond donors (Lipinski definition) is 0. The predicted molar refractivity (Wildman–Crippen MR) is 57.1 cm³/mol. The maximum Gasteiger partial charge on any atom is 0.268 e. The molecule has 0 heterocycles. The normalized spacial score (nSPS) is 12.1. The highest BCUT2D eigenvalue weighted by Crippen LogP contribution is 2.32. The monoisotopic (exact) mass is 370 g/mol. The second kappa shape index (κ2) is 4.46. The highest BCUT2D eigenvalue weighted by atomic mass is 127. The minimum atomic E-state index is -4.37. The van der Waals surface area contributed by atoms with E-state index in [4.69, 9.17) is 10.7 Å². The minimum Gasteiger partial charge on any atom is -0.207 e. The van der Waals surface area contributed by atoms with Crippen molar-refractivity contribution in [3.8, 4) is 0 Å². The Hall–Kier alpha value is -0.0200. The van der Waals surface area contributed by atoms with Gasteiger partial charge >= 0.3 is 0 Å². The number of hydrogen-bond acceptors (Lipinski definition) is 2. The molecule has 15 heavy (non-hydrogen) atoms. The molecule has 0 atom stereocenters. The molecule has 0 amide bonds. The lowest BCUT2D eigenvalue weighted by molar-refractivity contribution is 0.142. The second-order valence-corrected chi connectivity index (χ2v) is 6.21. The first-order valence-electron chi connectivity index (χ1n) is 3.46. The van der Waals surface area contributed by atoms with Crippen LogP contribution >= 0.6 is 33.3 Å². The van der Waals surface area contributed by atoms with Gasteiger partial charge in [0.1, 0.15) is 5.82 Å². The van der Waals surface area contributed by atoms with Crippen molar-refractivity contribution in [3.63, 3.8) is 0 Å². The van der Waals surface area contributed by atoms with Gasteiger partial charge in [0.25, 0.3) is 15.5 Å². The van der Waals surface area contributed by atoms with E-state index in [1.54, 1.807) is 0 Å². The lowest BCUT2D eigenvalue weighted by Gasteiger charge is -2.08. The fourth-order valence-corrected chi connectivity index (χ4v) is 2.51. The van der Waals surface area contributed by atoms with Gasteiger partial charge in [0.2, 0.25) is 0 Å². The molecule has 1 aromatic carbocycles. The molecule has 1 aromatic rings. The zero-order chi connectivity index (χ0) is 11.8. The second-order valence-electron chi connectivity index (χ2n) is 2.51. The van der Waals surface area contributed by atoms with Crippen LogP contribution in [-0.2, 0) is 9.05 Å². The van der Waals surface area contributed by atoms with Gasteiger partial charge in [-0.15, -0.1) is 0 Å². The van der Waals surface area contributed by atoms with Crippen LogP contribution in [0.1, 0.15) is 12.0 Å². The predicted octanol–water partition coefficient (Wildman–Crippen LogP) is 3.30. The van der Waals surface area contributed by atoms with Crippen LogP contribution in [0.4, 0.5) is 13.2 Å². The fourth-order valence-electron chi connectivity index (χ4n) is 0.965. The molecule has 0 spiro atoms. The molecular weight excluding hydrogens is 367 g/mol. The van der Waals surface area contributed by atoms with Crippen molar-refractivity contribution in [3.05, 3.63) is 27.1 Å². The first-order valence-corrected chi connectivity index (χ1v) is 6.84. The third-order valence-corrected chi connectivity index (χ3v) is 3.79. The summed E-state index contributed by atoms with van der Waals surface area (Å²) in [5.41, 5.74) is -1.18. The van der Waals surface area contributed by atoms with Crippen molar-refractivity contribution >= 4 is 42.3 Å². The van der Waals surface area contributed by atoms with E-state index < -0.39 is 31.8 Å². The molecule has 0 bridgehead atoms. The molecule has 0 unspecified atom stereocenters. The minimum absolute atomic E-state index is 0.0908. The first-order chi connectivity index (χ1) is 6.75. The Balaban J connectivity index is 3.62. The fraction of sp³-hybridized carbons (Fsp3) is 0.143. The molecule has 84 valence electrons. The quantitative estimate of drug-likeness (QED) is 0.591. The van der Waals surface area contributed by atoms with Gasteiger partial charge in [-0.3, -0.25) is 0 Å². The Morgan fingerprint density at radius 3 is 2.27 bits per heavy atom. The van der Waals surface area contributed by atoms with E-state index in [0.29, 0.717) is 0 Å². The summed E-state index contributed by atoms with van der Waals surface area (Å²) >= 11 is 1.48. The highest BCUT2D eigenvalue weighted by molar-refractivity contribution is 14.1. The van der Waals surface area contributed by atoms with E-state index in [1.165, 1.54) is 22.6 Å². The van der Waals surface area contributed by atoms with Crippen LogP contribution in [0, 0.1) is 9.39 Å². The van der Waals surface area contributed by atoms with Gasteiger partial charge in [-0.1, -0.05) is 0 Å². The number of rotatable bonds is 2. The van der Waals surface area contributed by atoms with Gasteiger partial charge in [-0.2, -0.15) is 0 Å². The van der Waals surface area contributed by atoms with E-state index in [-0.39, 0.29) is 3.57 Å². The average molecular weight is 371 g/mol. The topological polar surface area (TPSA) is 34.1 Å². The van der Waals surface area contributed by atoms with Crippen molar-refractivity contribution in [1.82, 2.24) is 0 Å². The summed E-state index contributed by atoms with van der Waals surface area (Å²) in [6.07, 6.45) is -3.23. The zero-order valence-corrected chi connectivity index (χ0v) is 10.6. The molecule has 8 heteroatoms. The van der Waals surface area contributed by atoms with E-state index in [9.17, 15) is 21.6 Å². The number of halogens is 5. The summed E-state index contributed by atoms with van der Waals surface area (Å²) < 4.78 is 59.8. The van der Waals surface area contributed by atoms with Crippen LogP contribution in [0.25, 0.3) is 0 Å². The highest BCUT2D eigenvalue weighted by Gasteiger charge is 2.26. The largest absolute Gasteiger partial charge is 0.268 e. The Bertz CT molecular complexity index is 489. The lowest BCUT2D eigenvalue weighted by atomic mass is 10.2. The molecule has 0 N–H and O–H groups in total. The van der Waals surface area contributed by atoms with Crippen molar-refractivity contribution in [2.45, 2.75) is 11.3 Å². The summed E-state index contributed by atoms with van der Waals surface area (Å²) in [5.74, 6) is -1.26. The summed E-state index contributed by atoms with van der Waals surface area (Å²) in [6.45, 7) is 0. The summed E-state index contributed by atoms with van der Waals surface area (Å²) in [4.78, 5) is -0.892. The Morgan fingerprint density at radius 2 is 1.87 bits per heavy atom. The molecule has 0 aliphatic rings. The van der Waals surface area contributed by atoms with Gasteiger partial charge in [0.15, 0.2) is 0 Å². The van der Waals surface area contributed by atoms with Crippen molar-refractivity contribution < 1.29 is 21.6 Å². The van der Waals surface area contributed by atoms with Gasteiger partial charge in [0.05, 0.1) is 10.5 Å². The molecular formula is C7H3ClF3IO2S. The van der Waals surface area contributed by atoms with Crippen LogP contribution < -0.4 is 0 Å². The summed E-state index contributed by atoms with van der Waals surface area (Å²) in [5, 5.41) is 0. The third-order valence-electron chi connectivity index (χ3n) is 1.57. The molecule has 1 rings (SSSR count). The molecule has 0 fully saturated rings. The molecule has 0 saturated carbocycles. The Kier molecular flexibility index (Phi) is 3.88. The molecule has 0 aliphatic carbocycles. The van der Waals surface area contributed by atoms with Crippen LogP contribution in [0.2, 0.25) is 0 Å². The van der Waals surface area contributed by atoms with Crippen LogP contribution in [0.3, 0.4) is 0 Å². The molecule has 0 saturated heterocycles. The van der Waals surface area contributed by atoms with E-state index in [0.717, 1.165) is 12.1 Å². The Morgan fingerprint density at radius 1 is 1.33 bits per heavy atom. The molecule has 0 radical (unpaired) electrons. The molecule has 2 nitrogen and oxygen atoms in total.